The van der Waals surface area contributed by atoms with Crippen LogP contribution in [0.25, 0.3) is 17.0 Å². The summed E-state index contributed by atoms with van der Waals surface area (Å²) in [5, 5.41) is 12.2. The fourth-order valence-corrected chi connectivity index (χ4v) is 4.43. The molecule has 36 heavy (non-hydrogen) atoms. The zero-order valence-electron chi connectivity index (χ0n) is 18.7. The number of carbonyl (C=O) groups is 1. The largest absolute Gasteiger partial charge is 0.433 e. The minimum atomic E-state index is -4.60. The summed E-state index contributed by atoms with van der Waals surface area (Å²) in [7, 11) is 0. The van der Waals surface area contributed by atoms with Crippen LogP contribution in [0.5, 0.6) is 0 Å². The van der Waals surface area contributed by atoms with Crippen LogP contribution in [-0.2, 0) is 12.6 Å². The summed E-state index contributed by atoms with van der Waals surface area (Å²) < 4.78 is 47.3. The van der Waals surface area contributed by atoms with Crippen molar-refractivity contribution >= 4 is 11.4 Å². The highest BCUT2D eigenvalue weighted by molar-refractivity contribution is 5.90. The molecule has 0 aromatic carbocycles. The fourth-order valence-electron chi connectivity index (χ4n) is 4.43. The van der Waals surface area contributed by atoms with Crippen LogP contribution in [0.2, 0.25) is 0 Å². The van der Waals surface area contributed by atoms with Crippen LogP contribution < -0.4 is 0 Å². The van der Waals surface area contributed by atoms with Crippen LogP contribution in [0.4, 0.5) is 13.2 Å². The van der Waals surface area contributed by atoms with Gasteiger partial charge in [0.2, 0.25) is 5.89 Å². The standard InChI is InChI=1S/C23H17F3N8O2/c1-12-14(5-3-8-27-12)20-30-31-21(36-20)22(35)33-9-7-15-18(29-11-28-15)19(33)16-10-13-4-2-6-17(23(24,25)26)34(13)32-16/h2-6,8,10-11,19H,7,9H2,1H3,(H,28,29)/t19-/m1/s1. The van der Waals surface area contributed by atoms with Crippen LogP contribution >= 0.6 is 0 Å². The highest BCUT2D eigenvalue weighted by atomic mass is 19.4. The van der Waals surface area contributed by atoms with Crippen molar-refractivity contribution in [2.75, 3.05) is 6.54 Å². The van der Waals surface area contributed by atoms with Crippen LogP contribution in [-0.4, -0.2) is 52.1 Å². The molecule has 13 heteroatoms. The summed E-state index contributed by atoms with van der Waals surface area (Å²) in [6.07, 6.45) is -1.03. The molecule has 0 aliphatic carbocycles. The number of aromatic nitrogens is 7. The second kappa shape index (κ2) is 8.00. The van der Waals surface area contributed by atoms with Crippen molar-refractivity contribution in [3.63, 3.8) is 0 Å². The van der Waals surface area contributed by atoms with Gasteiger partial charge in [-0.1, -0.05) is 6.07 Å². The Hall–Kier alpha value is -4.55. The number of fused-ring (bicyclic) bond motifs is 2. The van der Waals surface area contributed by atoms with Crippen molar-refractivity contribution in [2.45, 2.75) is 25.6 Å². The lowest BCUT2D eigenvalue weighted by Crippen LogP contribution is -2.41. The van der Waals surface area contributed by atoms with Crippen molar-refractivity contribution < 1.29 is 22.4 Å². The quantitative estimate of drug-likeness (QED) is 0.407. The second-order valence-electron chi connectivity index (χ2n) is 8.28. The second-order valence-corrected chi connectivity index (χ2v) is 8.28. The molecular weight excluding hydrogens is 477 g/mol. The number of carbonyl (C=O) groups excluding carboxylic acids is 1. The van der Waals surface area contributed by atoms with E-state index in [-0.39, 0.29) is 29.5 Å². The van der Waals surface area contributed by atoms with E-state index in [1.165, 1.54) is 29.4 Å². The lowest BCUT2D eigenvalue weighted by molar-refractivity contribution is -0.142. The van der Waals surface area contributed by atoms with Crippen molar-refractivity contribution in [3.8, 4) is 11.5 Å². The minimum absolute atomic E-state index is 0.139. The first-order valence-corrected chi connectivity index (χ1v) is 11.0. The van der Waals surface area contributed by atoms with Gasteiger partial charge in [-0.3, -0.25) is 9.78 Å². The molecule has 1 aliphatic rings. The number of H-pyrrole nitrogens is 1. The average molecular weight is 494 g/mol. The number of hydrogen-bond acceptors (Lipinski definition) is 7. The van der Waals surface area contributed by atoms with E-state index in [1.54, 1.807) is 25.3 Å². The molecule has 6 rings (SSSR count). The van der Waals surface area contributed by atoms with E-state index < -0.39 is 23.8 Å². The summed E-state index contributed by atoms with van der Waals surface area (Å²) in [5.74, 6) is -0.695. The predicted octanol–water partition coefficient (Wildman–Crippen LogP) is 3.62. The Kier molecular flexibility index (Phi) is 4.88. The molecule has 5 aromatic rings. The van der Waals surface area contributed by atoms with E-state index in [1.807, 2.05) is 0 Å². The maximum absolute atomic E-state index is 13.6. The topological polar surface area (TPSA) is 118 Å². The summed E-state index contributed by atoms with van der Waals surface area (Å²) >= 11 is 0. The van der Waals surface area contributed by atoms with E-state index >= 15 is 0 Å². The highest BCUT2D eigenvalue weighted by Gasteiger charge is 2.39. The molecule has 1 atom stereocenters. The number of aryl methyl sites for hydroxylation is 1. The number of pyridine rings is 2. The van der Waals surface area contributed by atoms with Gasteiger partial charge in [-0.15, -0.1) is 10.2 Å². The van der Waals surface area contributed by atoms with Gasteiger partial charge in [0.05, 0.1) is 28.8 Å². The molecule has 6 heterocycles. The van der Waals surface area contributed by atoms with Crippen LogP contribution in [0.15, 0.2) is 53.3 Å². The Balaban J connectivity index is 1.42. The van der Waals surface area contributed by atoms with Crippen LogP contribution in [0, 0.1) is 6.92 Å². The number of amides is 1. The molecule has 182 valence electrons. The summed E-state index contributed by atoms with van der Waals surface area (Å²) in [4.78, 5) is 26.6. The number of hydrogen-bond donors (Lipinski definition) is 1. The number of nitrogens with zero attached hydrogens (tertiary/aromatic N) is 7. The Morgan fingerprint density at radius 2 is 2.03 bits per heavy atom. The first-order valence-electron chi connectivity index (χ1n) is 11.0. The zero-order chi connectivity index (χ0) is 25.0. The number of rotatable bonds is 3. The van der Waals surface area contributed by atoms with E-state index in [2.05, 4.69) is 30.2 Å². The van der Waals surface area contributed by atoms with Gasteiger partial charge in [-0.05, 0) is 37.3 Å². The molecule has 0 spiro atoms. The number of aromatic amines is 1. The molecule has 0 unspecified atom stereocenters. The van der Waals surface area contributed by atoms with Gasteiger partial charge < -0.3 is 14.3 Å². The molecule has 0 saturated heterocycles. The Morgan fingerprint density at radius 3 is 2.83 bits per heavy atom. The van der Waals surface area contributed by atoms with Gasteiger partial charge >= 0.3 is 18.0 Å². The Labute approximate surface area is 200 Å². The molecule has 1 aliphatic heterocycles. The molecule has 0 fully saturated rings. The number of halogens is 3. The highest BCUT2D eigenvalue weighted by Crippen LogP contribution is 2.36. The fraction of sp³-hybridized carbons (Fsp3) is 0.217. The third kappa shape index (κ3) is 3.51. The molecule has 1 N–H and O–H groups in total. The molecule has 0 bridgehead atoms. The number of imidazole rings is 1. The first kappa shape index (κ1) is 21.9. The summed E-state index contributed by atoms with van der Waals surface area (Å²) in [5.41, 5.74) is 2.06. The van der Waals surface area contributed by atoms with Gasteiger partial charge in [0.25, 0.3) is 0 Å². The molecule has 1 amide bonds. The van der Waals surface area contributed by atoms with Crippen molar-refractivity contribution in [3.05, 3.63) is 83.3 Å². The minimum Gasteiger partial charge on any atom is -0.412 e. The van der Waals surface area contributed by atoms with Gasteiger partial charge in [0.15, 0.2) is 0 Å². The third-order valence-electron chi connectivity index (χ3n) is 6.11. The SMILES string of the molecule is Cc1ncccc1-c1nnc(C(=O)N2CCc3[nH]cnc3[C@H]2c2cc3cccc(C(F)(F)F)n3n2)o1. The van der Waals surface area contributed by atoms with Crippen LogP contribution in [0.1, 0.15) is 45.2 Å². The molecule has 10 nitrogen and oxygen atoms in total. The normalized spacial score (nSPS) is 15.9. The van der Waals surface area contributed by atoms with Gasteiger partial charge in [-0.2, -0.15) is 18.3 Å². The van der Waals surface area contributed by atoms with Crippen molar-refractivity contribution in [1.29, 1.82) is 0 Å². The van der Waals surface area contributed by atoms with Crippen LogP contribution in [0.3, 0.4) is 0 Å². The van der Waals surface area contributed by atoms with Crippen molar-refractivity contribution in [2.24, 2.45) is 0 Å². The van der Waals surface area contributed by atoms with Gasteiger partial charge in [0, 0.05) is 30.6 Å². The molecule has 0 saturated carbocycles. The Morgan fingerprint density at radius 1 is 1.17 bits per heavy atom. The van der Waals surface area contributed by atoms with E-state index in [9.17, 15) is 18.0 Å². The lowest BCUT2D eigenvalue weighted by Gasteiger charge is -2.32. The van der Waals surface area contributed by atoms with Gasteiger partial charge in [-0.25, -0.2) is 9.50 Å². The number of alkyl halides is 3. The van der Waals surface area contributed by atoms with Gasteiger partial charge in [0.1, 0.15) is 11.7 Å². The maximum Gasteiger partial charge on any atom is 0.433 e. The summed E-state index contributed by atoms with van der Waals surface area (Å²) in [6, 6.07) is 7.91. The molecular formula is C23H17F3N8O2. The summed E-state index contributed by atoms with van der Waals surface area (Å²) in [6.45, 7) is 2.02. The van der Waals surface area contributed by atoms with E-state index in [0.29, 0.717) is 23.4 Å². The van der Waals surface area contributed by atoms with Crippen molar-refractivity contribution in [1.82, 2.24) is 39.7 Å². The first-order chi connectivity index (χ1) is 17.3. The smallest absolute Gasteiger partial charge is 0.412 e. The molecule has 0 radical (unpaired) electrons. The van der Waals surface area contributed by atoms with E-state index in [0.717, 1.165) is 16.3 Å². The monoisotopic (exact) mass is 494 g/mol. The predicted molar refractivity (Wildman–Crippen MR) is 118 cm³/mol. The molecule has 5 aromatic heterocycles. The average Bonchev–Trinajstić information content (AvgIpc) is 3.61. The third-order valence-corrected chi connectivity index (χ3v) is 6.11. The zero-order valence-corrected chi connectivity index (χ0v) is 18.7. The van der Waals surface area contributed by atoms with E-state index in [4.69, 9.17) is 4.42 Å². The maximum atomic E-state index is 13.6. The Bertz CT molecular complexity index is 1600. The number of nitrogens with one attached hydrogen (secondary N) is 1. The lowest BCUT2D eigenvalue weighted by atomic mass is 9.99.